The molecule has 1 fully saturated rings. The minimum atomic E-state index is -3.39. The molecule has 5 nitrogen and oxygen atoms in total. The van der Waals surface area contributed by atoms with E-state index < -0.39 is 10.0 Å². The molecular weight excluding hydrogens is 336 g/mol. The zero-order valence-corrected chi connectivity index (χ0v) is 15.1. The van der Waals surface area contributed by atoms with E-state index in [1.165, 1.54) is 0 Å². The SMILES string of the molecule is COc1cccc(C=Nc2ccc(S(=O)(=O)N3CCCCC3)cc2)c1. The van der Waals surface area contributed by atoms with Gasteiger partial charge in [-0.3, -0.25) is 4.99 Å². The van der Waals surface area contributed by atoms with Crippen LogP contribution in [0.5, 0.6) is 5.75 Å². The highest BCUT2D eigenvalue weighted by Gasteiger charge is 2.25. The fraction of sp³-hybridized carbons (Fsp3) is 0.316. The number of rotatable bonds is 5. The Labute approximate surface area is 149 Å². The first kappa shape index (κ1) is 17.6. The summed E-state index contributed by atoms with van der Waals surface area (Å²) in [4.78, 5) is 4.73. The normalized spacial score (nSPS) is 16.2. The maximum atomic E-state index is 12.6. The van der Waals surface area contributed by atoms with Crippen molar-refractivity contribution in [3.63, 3.8) is 0 Å². The average Bonchev–Trinajstić information content (AvgIpc) is 2.67. The van der Waals surface area contributed by atoms with Gasteiger partial charge in [0.05, 0.1) is 17.7 Å². The van der Waals surface area contributed by atoms with Gasteiger partial charge in [-0.15, -0.1) is 0 Å². The highest BCUT2D eigenvalue weighted by Crippen LogP contribution is 2.23. The highest BCUT2D eigenvalue weighted by atomic mass is 32.2. The van der Waals surface area contributed by atoms with Gasteiger partial charge in [-0.1, -0.05) is 18.6 Å². The number of sulfonamides is 1. The molecule has 1 aliphatic heterocycles. The molecule has 0 aromatic heterocycles. The molecule has 3 rings (SSSR count). The van der Waals surface area contributed by atoms with Crippen molar-refractivity contribution in [3.8, 4) is 5.75 Å². The lowest BCUT2D eigenvalue weighted by Crippen LogP contribution is -2.35. The van der Waals surface area contributed by atoms with Crippen molar-refractivity contribution in [2.45, 2.75) is 24.2 Å². The van der Waals surface area contributed by atoms with Gasteiger partial charge in [0.1, 0.15) is 5.75 Å². The molecule has 1 heterocycles. The molecular formula is C19H22N2O3S. The number of piperidine rings is 1. The molecule has 0 amide bonds. The highest BCUT2D eigenvalue weighted by molar-refractivity contribution is 7.89. The Hall–Kier alpha value is -2.18. The molecule has 2 aromatic carbocycles. The summed E-state index contributed by atoms with van der Waals surface area (Å²) in [6, 6.07) is 14.3. The lowest BCUT2D eigenvalue weighted by Gasteiger charge is -2.25. The molecule has 0 spiro atoms. The Bertz CT molecular complexity index is 839. The molecule has 0 N–H and O–H groups in total. The summed E-state index contributed by atoms with van der Waals surface area (Å²) < 4.78 is 32.0. The summed E-state index contributed by atoms with van der Waals surface area (Å²) in [5.41, 5.74) is 1.63. The summed E-state index contributed by atoms with van der Waals surface area (Å²) in [5.74, 6) is 0.770. The summed E-state index contributed by atoms with van der Waals surface area (Å²) in [6.07, 6.45) is 4.70. The van der Waals surface area contributed by atoms with Crippen LogP contribution in [0.4, 0.5) is 5.69 Å². The van der Waals surface area contributed by atoms with Gasteiger partial charge < -0.3 is 4.74 Å². The second-order valence-electron chi connectivity index (χ2n) is 5.99. The average molecular weight is 358 g/mol. The molecule has 0 bridgehead atoms. The van der Waals surface area contributed by atoms with Crippen LogP contribution in [0.3, 0.4) is 0 Å². The monoisotopic (exact) mass is 358 g/mol. The van der Waals surface area contributed by atoms with Crippen molar-refractivity contribution in [3.05, 3.63) is 54.1 Å². The zero-order chi connectivity index (χ0) is 17.7. The van der Waals surface area contributed by atoms with Crippen LogP contribution in [-0.4, -0.2) is 39.1 Å². The lowest BCUT2D eigenvalue weighted by molar-refractivity contribution is 0.346. The molecule has 2 aromatic rings. The minimum Gasteiger partial charge on any atom is -0.497 e. The topological polar surface area (TPSA) is 59.0 Å². The van der Waals surface area contributed by atoms with Crippen LogP contribution < -0.4 is 4.74 Å². The Balaban J connectivity index is 1.74. The first-order valence-electron chi connectivity index (χ1n) is 8.38. The molecule has 0 unspecified atom stereocenters. The van der Waals surface area contributed by atoms with Gasteiger partial charge in [-0.05, 0) is 54.8 Å². The number of aliphatic imine (C=N–C) groups is 1. The van der Waals surface area contributed by atoms with Crippen LogP contribution in [0.15, 0.2) is 58.4 Å². The molecule has 25 heavy (non-hydrogen) atoms. The van der Waals surface area contributed by atoms with E-state index in [4.69, 9.17) is 4.74 Å². The van der Waals surface area contributed by atoms with E-state index in [1.54, 1.807) is 41.9 Å². The van der Waals surface area contributed by atoms with E-state index in [9.17, 15) is 8.42 Å². The van der Waals surface area contributed by atoms with Gasteiger partial charge in [0.15, 0.2) is 0 Å². The van der Waals surface area contributed by atoms with Crippen LogP contribution in [0.25, 0.3) is 0 Å². The van der Waals surface area contributed by atoms with Crippen molar-refractivity contribution in [2.75, 3.05) is 20.2 Å². The quantitative estimate of drug-likeness (QED) is 0.767. The molecule has 0 radical (unpaired) electrons. The molecule has 132 valence electrons. The predicted molar refractivity (Wildman–Crippen MR) is 99.3 cm³/mol. The molecule has 6 heteroatoms. The van der Waals surface area contributed by atoms with E-state index in [-0.39, 0.29) is 0 Å². The van der Waals surface area contributed by atoms with E-state index in [1.807, 2.05) is 24.3 Å². The summed E-state index contributed by atoms with van der Waals surface area (Å²) in [5, 5.41) is 0. The van der Waals surface area contributed by atoms with Crippen LogP contribution in [0, 0.1) is 0 Å². The second kappa shape index (κ2) is 7.80. The number of methoxy groups -OCH3 is 1. The first-order valence-corrected chi connectivity index (χ1v) is 9.82. The van der Waals surface area contributed by atoms with E-state index in [0.717, 1.165) is 30.6 Å². The van der Waals surface area contributed by atoms with Crippen LogP contribution >= 0.6 is 0 Å². The Kier molecular flexibility index (Phi) is 5.50. The third-order valence-electron chi connectivity index (χ3n) is 4.25. The Morgan fingerprint density at radius 1 is 1.04 bits per heavy atom. The van der Waals surface area contributed by atoms with Gasteiger partial charge in [0.2, 0.25) is 10.0 Å². The van der Waals surface area contributed by atoms with Crippen molar-refractivity contribution in [1.82, 2.24) is 4.31 Å². The maximum absolute atomic E-state index is 12.6. The van der Waals surface area contributed by atoms with E-state index in [0.29, 0.717) is 23.7 Å². The summed E-state index contributed by atoms with van der Waals surface area (Å²) >= 11 is 0. The fourth-order valence-electron chi connectivity index (χ4n) is 2.83. The number of hydrogen-bond acceptors (Lipinski definition) is 4. The van der Waals surface area contributed by atoms with Gasteiger partial charge in [0.25, 0.3) is 0 Å². The van der Waals surface area contributed by atoms with Crippen molar-refractivity contribution < 1.29 is 13.2 Å². The second-order valence-corrected chi connectivity index (χ2v) is 7.93. The molecule has 0 atom stereocenters. The van der Waals surface area contributed by atoms with Gasteiger partial charge in [0, 0.05) is 19.3 Å². The first-order chi connectivity index (χ1) is 12.1. The van der Waals surface area contributed by atoms with Crippen molar-refractivity contribution in [1.29, 1.82) is 0 Å². The largest absolute Gasteiger partial charge is 0.497 e. The van der Waals surface area contributed by atoms with Gasteiger partial charge >= 0.3 is 0 Å². The van der Waals surface area contributed by atoms with Crippen molar-refractivity contribution >= 4 is 21.9 Å². The number of benzene rings is 2. The summed E-state index contributed by atoms with van der Waals surface area (Å²) in [6.45, 7) is 1.22. The third-order valence-corrected chi connectivity index (χ3v) is 6.16. The minimum absolute atomic E-state index is 0.328. The van der Waals surface area contributed by atoms with Crippen LogP contribution in [0.2, 0.25) is 0 Å². The zero-order valence-electron chi connectivity index (χ0n) is 14.3. The van der Waals surface area contributed by atoms with E-state index in [2.05, 4.69) is 4.99 Å². The van der Waals surface area contributed by atoms with Gasteiger partial charge in [-0.2, -0.15) is 4.31 Å². The molecule has 1 aliphatic rings. The number of ether oxygens (including phenoxy) is 1. The van der Waals surface area contributed by atoms with Crippen molar-refractivity contribution in [2.24, 2.45) is 4.99 Å². The van der Waals surface area contributed by atoms with Crippen LogP contribution in [0.1, 0.15) is 24.8 Å². The Morgan fingerprint density at radius 2 is 1.76 bits per heavy atom. The standard InChI is InChI=1S/C19H22N2O3S/c1-24-18-7-5-6-16(14-18)15-20-17-8-10-19(11-9-17)25(22,23)21-12-3-2-4-13-21/h5-11,14-15H,2-4,12-13H2,1H3. The summed E-state index contributed by atoms with van der Waals surface area (Å²) in [7, 11) is -1.77. The van der Waals surface area contributed by atoms with Gasteiger partial charge in [-0.25, -0.2) is 8.42 Å². The predicted octanol–water partition coefficient (Wildman–Crippen LogP) is 3.62. The fourth-order valence-corrected chi connectivity index (χ4v) is 4.35. The third kappa shape index (κ3) is 4.27. The Morgan fingerprint density at radius 3 is 2.44 bits per heavy atom. The molecule has 0 saturated carbocycles. The molecule has 0 aliphatic carbocycles. The molecule has 1 saturated heterocycles. The lowest BCUT2D eigenvalue weighted by atomic mass is 10.2. The van der Waals surface area contributed by atoms with E-state index >= 15 is 0 Å². The smallest absolute Gasteiger partial charge is 0.243 e. The maximum Gasteiger partial charge on any atom is 0.243 e. The van der Waals surface area contributed by atoms with Crippen LogP contribution in [-0.2, 0) is 10.0 Å². The number of hydrogen-bond donors (Lipinski definition) is 0. The number of nitrogens with zero attached hydrogens (tertiary/aromatic N) is 2.